The molecule has 3 rings (SSSR count). The summed E-state index contributed by atoms with van der Waals surface area (Å²) < 4.78 is 75.3. The Morgan fingerprint density at radius 2 is 1.82 bits per heavy atom. The van der Waals surface area contributed by atoms with Gasteiger partial charge in [-0.15, -0.1) is 0 Å². The van der Waals surface area contributed by atoms with E-state index < -0.39 is 29.9 Å². The fraction of sp³-hybridized carbons (Fsp3) is 0.409. The Labute approximate surface area is 187 Å². The lowest BCUT2D eigenvalue weighted by molar-refractivity contribution is -0.202. The van der Waals surface area contributed by atoms with Crippen LogP contribution in [0.25, 0.3) is 0 Å². The number of ether oxygens (including phenoxy) is 2. The fourth-order valence-electron chi connectivity index (χ4n) is 3.56. The SMILES string of the molecule is C=CC(F)(F)OC[C@@H]1CC(c2ccc(C(F)(F)F)cc2)CN1c1ncc(C(=O)OCC)cn1. The van der Waals surface area contributed by atoms with Crippen molar-refractivity contribution in [1.29, 1.82) is 0 Å². The zero-order valence-corrected chi connectivity index (χ0v) is 17.7. The Balaban J connectivity index is 1.82. The molecule has 1 aliphatic rings. The standard InChI is InChI=1S/C22H22F5N3O3/c1-3-21(23,24)33-13-18-9-15(14-5-7-17(8-6-14)22(25,26)27)12-30(18)20-28-10-16(11-29-20)19(31)32-4-2/h3,5-8,10-11,15,18H,1,4,9,12-13H2,2H3/t15?,18-/m0/s1. The monoisotopic (exact) mass is 471 g/mol. The molecule has 0 aliphatic carbocycles. The van der Waals surface area contributed by atoms with Crippen molar-refractivity contribution in [1.82, 2.24) is 9.97 Å². The van der Waals surface area contributed by atoms with E-state index in [0.29, 0.717) is 18.1 Å². The zero-order chi connectivity index (χ0) is 24.2. The molecule has 33 heavy (non-hydrogen) atoms. The van der Waals surface area contributed by atoms with Crippen molar-refractivity contribution in [3.8, 4) is 0 Å². The molecule has 11 heteroatoms. The van der Waals surface area contributed by atoms with Crippen LogP contribution in [0.2, 0.25) is 0 Å². The van der Waals surface area contributed by atoms with E-state index in [-0.39, 0.29) is 37.2 Å². The predicted molar refractivity (Wildman–Crippen MR) is 109 cm³/mol. The molecule has 1 aromatic carbocycles. The van der Waals surface area contributed by atoms with E-state index in [2.05, 4.69) is 21.3 Å². The third-order valence-corrected chi connectivity index (χ3v) is 5.24. The average Bonchev–Trinajstić information content (AvgIpc) is 3.22. The average molecular weight is 471 g/mol. The van der Waals surface area contributed by atoms with Gasteiger partial charge in [0.1, 0.15) is 0 Å². The minimum absolute atomic E-state index is 0.130. The van der Waals surface area contributed by atoms with Crippen LogP contribution in [0.1, 0.15) is 40.7 Å². The van der Waals surface area contributed by atoms with E-state index in [9.17, 15) is 26.7 Å². The topological polar surface area (TPSA) is 64.5 Å². The first-order valence-electron chi connectivity index (χ1n) is 10.1. The third-order valence-electron chi connectivity index (χ3n) is 5.24. The van der Waals surface area contributed by atoms with E-state index in [1.807, 2.05) is 0 Å². The van der Waals surface area contributed by atoms with Gasteiger partial charge in [-0.2, -0.15) is 22.0 Å². The predicted octanol–water partition coefficient (Wildman–Crippen LogP) is 4.83. The molecule has 178 valence electrons. The number of anilines is 1. The van der Waals surface area contributed by atoms with Gasteiger partial charge >= 0.3 is 18.3 Å². The molecule has 1 aliphatic heterocycles. The molecule has 1 fully saturated rings. The van der Waals surface area contributed by atoms with Crippen LogP contribution in [0, 0.1) is 0 Å². The summed E-state index contributed by atoms with van der Waals surface area (Å²) >= 11 is 0. The summed E-state index contributed by atoms with van der Waals surface area (Å²) in [6, 6.07) is 4.13. The lowest BCUT2D eigenvalue weighted by atomic mass is 9.95. The summed E-state index contributed by atoms with van der Waals surface area (Å²) in [5.41, 5.74) is -0.0244. The lowest BCUT2D eigenvalue weighted by Gasteiger charge is -2.25. The maximum atomic E-state index is 13.6. The molecule has 0 saturated carbocycles. The number of hydrogen-bond donors (Lipinski definition) is 0. The van der Waals surface area contributed by atoms with Crippen LogP contribution in [0.4, 0.5) is 27.9 Å². The summed E-state index contributed by atoms with van der Waals surface area (Å²) in [6.07, 6.45) is -4.76. The minimum Gasteiger partial charge on any atom is -0.462 e. The molecule has 0 N–H and O–H groups in total. The third kappa shape index (κ3) is 6.04. The molecule has 0 bridgehead atoms. The molecule has 2 atom stereocenters. The molecular weight excluding hydrogens is 449 g/mol. The highest BCUT2D eigenvalue weighted by molar-refractivity contribution is 5.88. The first-order chi connectivity index (χ1) is 15.5. The van der Waals surface area contributed by atoms with E-state index in [0.717, 1.165) is 12.1 Å². The number of aromatic nitrogens is 2. The van der Waals surface area contributed by atoms with Gasteiger partial charge in [-0.1, -0.05) is 18.7 Å². The van der Waals surface area contributed by atoms with Crippen molar-refractivity contribution in [3.63, 3.8) is 0 Å². The normalized spacial score (nSPS) is 18.9. The largest absolute Gasteiger partial charge is 0.462 e. The smallest absolute Gasteiger partial charge is 0.416 e. The summed E-state index contributed by atoms with van der Waals surface area (Å²) in [7, 11) is 0. The van der Waals surface area contributed by atoms with Gasteiger partial charge in [-0.25, -0.2) is 14.8 Å². The fourth-order valence-corrected chi connectivity index (χ4v) is 3.56. The highest BCUT2D eigenvalue weighted by Crippen LogP contribution is 2.36. The maximum Gasteiger partial charge on any atom is 0.416 e. The van der Waals surface area contributed by atoms with Crippen molar-refractivity contribution >= 4 is 11.9 Å². The summed E-state index contributed by atoms with van der Waals surface area (Å²) in [6.45, 7) is 4.74. The number of alkyl halides is 5. The van der Waals surface area contributed by atoms with Crippen molar-refractivity contribution in [2.75, 3.05) is 24.7 Å². The van der Waals surface area contributed by atoms with Gasteiger partial charge in [0.25, 0.3) is 0 Å². The second-order valence-electron chi connectivity index (χ2n) is 7.43. The molecule has 6 nitrogen and oxygen atoms in total. The second kappa shape index (κ2) is 9.82. The van der Waals surface area contributed by atoms with Crippen LogP contribution in [0.3, 0.4) is 0 Å². The van der Waals surface area contributed by atoms with Gasteiger partial charge < -0.3 is 14.4 Å². The molecule has 0 amide bonds. The number of carbonyl (C=O) groups excluding carboxylic acids is 1. The molecule has 2 aromatic rings. The Kier molecular flexibility index (Phi) is 7.31. The van der Waals surface area contributed by atoms with Crippen molar-refractivity contribution in [3.05, 3.63) is 66.0 Å². The molecule has 0 radical (unpaired) electrons. The highest BCUT2D eigenvalue weighted by atomic mass is 19.4. The summed E-state index contributed by atoms with van der Waals surface area (Å²) in [5, 5.41) is 0. The van der Waals surface area contributed by atoms with Crippen LogP contribution in [0.15, 0.2) is 49.3 Å². The number of esters is 1. The van der Waals surface area contributed by atoms with Gasteiger partial charge in [0, 0.05) is 30.9 Å². The molecule has 1 unspecified atom stereocenters. The Bertz CT molecular complexity index is 965. The van der Waals surface area contributed by atoms with Crippen molar-refractivity contribution in [2.45, 2.75) is 37.6 Å². The lowest BCUT2D eigenvalue weighted by Crippen LogP contribution is -2.36. The van der Waals surface area contributed by atoms with Gasteiger partial charge in [0.2, 0.25) is 5.95 Å². The van der Waals surface area contributed by atoms with E-state index in [1.54, 1.807) is 11.8 Å². The van der Waals surface area contributed by atoms with Gasteiger partial charge in [0.15, 0.2) is 0 Å². The number of carbonyl (C=O) groups is 1. The van der Waals surface area contributed by atoms with Crippen LogP contribution in [-0.4, -0.2) is 47.8 Å². The molecule has 2 heterocycles. The van der Waals surface area contributed by atoms with Gasteiger partial charge in [0.05, 0.1) is 30.4 Å². The van der Waals surface area contributed by atoms with Crippen LogP contribution in [0.5, 0.6) is 0 Å². The Morgan fingerprint density at radius 3 is 2.36 bits per heavy atom. The number of rotatable bonds is 8. The van der Waals surface area contributed by atoms with Gasteiger partial charge in [-0.05, 0) is 31.0 Å². The molecule has 1 saturated heterocycles. The van der Waals surface area contributed by atoms with Gasteiger partial charge in [-0.3, -0.25) is 0 Å². The molecular formula is C22H22F5N3O3. The zero-order valence-electron chi connectivity index (χ0n) is 17.7. The Hall–Kier alpha value is -3.08. The number of halogens is 5. The summed E-state index contributed by atoms with van der Waals surface area (Å²) in [4.78, 5) is 21.8. The number of nitrogens with zero attached hydrogens (tertiary/aromatic N) is 3. The Morgan fingerprint density at radius 1 is 1.18 bits per heavy atom. The van der Waals surface area contributed by atoms with E-state index in [1.165, 1.54) is 24.5 Å². The first-order valence-corrected chi connectivity index (χ1v) is 10.1. The number of benzene rings is 1. The minimum atomic E-state index is -4.46. The second-order valence-corrected chi connectivity index (χ2v) is 7.43. The first kappa shape index (κ1) is 24.6. The van der Waals surface area contributed by atoms with Crippen LogP contribution < -0.4 is 4.90 Å². The van der Waals surface area contributed by atoms with Crippen molar-refractivity contribution < 1.29 is 36.2 Å². The highest BCUT2D eigenvalue weighted by Gasteiger charge is 2.38. The van der Waals surface area contributed by atoms with E-state index >= 15 is 0 Å². The summed E-state index contributed by atoms with van der Waals surface area (Å²) in [5.74, 6) is -0.696. The van der Waals surface area contributed by atoms with Crippen LogP contribution >= 0.6 is 0 Å². The molecule has 0 spiro atoms. The quantitative estimate of drug-likeness (QED) is 0.312. The molecule has 1 aromatic heterocycles. The number of hydrogen-bond acceptors (Lipinski definition) is 6. The van der Waals surface area contributed by atoms with Crippen LogP contribution in [-0.2, 0) is 15.7 Å². The van der Waals surface area contributed by atoms with E-state index in [4.69, 9.17) is 4.74 Å². The maximum absolute atomic E-state index is 13.6. The van der Waals surface area contributed by atoms with Crippen molar-refractivity contribution in [2.24, 2.45) is 0 Å².